The van der Waals surface area contributed by atoms with Crippen molar-refractivity contribution in [1.29, 1.82) is 0 Å². The number of nitrogens with one attached hydrogen (secondary N) is 1. The molecule has 0 radical (unpaired) electrons. The van der Waals surface area contributed by atoms with E-state index >= 15 is 0 Å². The minimum absolute atomic E-state index is 0.0157. The first kappa shape index (κ1) is 16.5. The standard InChI is InChI=1S/C14H18ClFN2O2/c1-3-6-18(7-8-19)14(20)17-10(2)11-4-5-13(16)12(15)9-11/h3-5,9-10,19H,1,6-8H2,2H3,(H,17,20). The minimum atomic E-state index is -0.498. The summed E-state index contributed by atoms with van der Waals surface area (Å²) in [6.45, 7) is 5.76. The van der Waals surface area contributed by atoms with Crippen molar-refractivity contribution in [1.82, 2.24) is 10.2 Å². The molecule has 0 heterocycles. The van der Waals surface area contributed by atoms with Crippen molar-refractivity contribution in [2.45, 2.75) is 13.0 Å². The molecule has 0 aromatic heterocycles. The molecule has 0 saturated carbocycles. The van der Waals surface area contributed by atoms with Crippen molar-refractivity contribution in [3.63, 3.8) is 0 Å². The predicted octanol–water partition coefficient (Wildman–Crippen LogP) is 2.73. The maximum absolute atomic E-state index is 13.1. The Morgan fingerprint density at radius 1 is 1.65 bits per heavy atom. The van der Waals surface area contributed by atoms with E-state index < -0.39 is 5.82 Å². The summed E-state index contributed by atoms with van der Waals surface area (Å²) in [5, 5.41) is 11.7. The Bertz CT molecular complexity index is 482. The van der Waals surface area contributed by atoms with E-state index in [1.807, 2.05) is 0 Å². The van der Waals surface area contributed by atoms with Gasteiger partial charge in [-0.05, 0) is 24.6 Å². The van der Waals surface area contributed by atoms with E-state index in [1.54, 1.807) is 19.1 Å². The van der Waals surface area contributed by atoms with Gasteiger partial charge in [0.15, 0.2) is 0 Å². The van der Waals surface area contributed by atoms with Crippen LogP contribution in [0.25, 0.3) is 0 Å². The molecular weight excluding hydrogens is 283 g/mol. The van der Waals surface area contributed by atoms with E-state index in [0.717, 1.165) is 0 Å². The van der Waals surface area contributed by atoms with Crippen molar-refractivity contribution in [2.75, 3.05) is 19.7 Å². The third-order valence-corrected chi connectivity index (χ3v) is 3.08. The van der Waals surface area contributed by atoms with E-state index in [1.165, 1.54) is 17.0 Å². The highest BCUT2D eigenvalue weighted by atomic mass is 35.5. The summed E-state index contributed by atoms with van der Waals surface area (Å²) in [7, 11) is 0. The lowest BCUT2D eigenvalue weighted by molar-refractivity contribution is 0.181. The molecule has 0 aliphatic carbocycles. The first-order valence-electron chi connectivity index (χ1n) is 6.21. The molecule has 1 atom stereocenters. The van der Waals surface area contributed by atoms with E-state index in [4.69, 9.17) is 16.7 Å². The van der Waals surface area contributed by atoms with Crippen molar-refractivity contribution < 1.29 is 14.3 Å². The Kier molecular flexibility index (Phi) is 6.48. The summed E-state index contributed by atoms with van der Waals surface area (Å²) in [4.78, 5) is 13.4. The second-order valence-electron chi connectivity index (χ2n) is 4.30. The molecule has 1 aromatic carbocycles. The lowest BCUT2D eigenvalue weighted by Gasteiger charge is -2.23. The number of benzene rings is 1. The van der Waals surface area contributed by atoms with Crippen LogP contribution in [0.1, 0.15) is 18.5 Å². The van der Waals surface area contributed by atoms with Gasteiger partial charge in [0.25, 0.3) is 0 Å². The maximum atomic E-state index is 13.1. The van der Waals surface area contributed by atoms with Gasteiger partial charge in [0.2, 0.25) is 0 Å². The third-order valence-electron chi connectivity index (χ3n) is 2.79. The number of urea groups is 1. The Hall–Kier alpha value is -1.59. The Balaban J connectivity index is 2.72. The smallest absolute Gasteiger partial charge is 0.318 e. The van der Waals surface area contributed by atoms with E-state index in [2.05, 4.69) is 11.9 Å². The number of halogens is 2. The first-order chi connectivity index (χ1) is 9.49. The second kappa shape index (κ2) is 7.87. The first-order valence-corrected chi connectivity index (χ1v) is 6.59. The summed E-state index contributed by atoms with van der Waals surface area (Å²) in [6.07, 6.45) is 1.58. The fourth-order valence-corrected chi connectivity index (χ4v) is 1.88. The van der Waals surface area contributed by atoms with Crippen LogP contribution < -0.4 is 5.32 Å². The lowest BCUT2D eigenvalue weighted by Crippen LogP contribution is -2.42. The average Bonchev–Trinajstić information content (AvgIpc) is 2.41. The maximum Gasteiger partial charge on any atom is 0.318 e. The van der Waals surface area contributed by atoms with E-state index in [0.29, 0.717) is 12.1 Å². The molecule has 0 saturated heterocycles. The summed E-state index contributed by atoms with van der Waals surface area (Å²) in [5.41, 5.74) is 0.701. The van der Waals surface area contributed by atoms with Gasteiger partial charge in [-0.25, -0.2) is 9.18 Å². The molecule has 1 rings (SSSR count). The van der Waals surface area contributed by atoms with Crippen molar-refractivity contribution in [3.05, 3.63) is 47.3 Å². The van der Waals surface area contributed by atoms with E-state index in [-0.39, 0.29) is 30.2 Å². The molecule has 1 aromatic rings. The predicted molar refractivity (Wildman–Crippen MR) is 77.2 cm³/mol. The molecule has 0 spiro atoms. The molecule has 2 N–H and O–H groups in total. The zero-order chi connectivity index (χ0) is 15.1. The molecule has 0 aliphatic rings. The van der Waals surface area contributed by atoms with Crippen molar-refractivity contribution in [2.24, 2.45) is 0 Å². The molecule has 4 nitrogen and oxygen atoms in total. The van der Waals surface area contributed by atoms with Crippen LogP contribution in [0.15, 0.2) is 30.9 Å². The minimum Gasteiger partial charge on any atom is -0.395 e. The van der Waals surface area contributed by atoms with Crippen LogP contribution >= 0.6 is 11.6 Å². The van der Waals surface area contributed by atoms with Gasteiger partial charge >= 0.3 is 6.03 Å². The summed E-state index contributed by atoms with van der Waals surface area (Å²) < 4.78 is 13.1. The highest BCUT2D eigenvalue weighted by molar-refractivity contribution is 6.30. The monoisotopic (exact) mass is 300 g/mol. The molecule has 20 heavy (non-hydrogen) atoms. The third kappa shape index (κ3) is 4.51. The number of aliphatic hydroxyl groups is 1. The number of amides is 2. The van der Waals surface area contributed by atoms with Crippen LogP contribution in [-0.4, -0.2) is 35.7 Å². The zero-order valence-corrected chi connectivity index (χ0v) is 12.0. The largest absolute Gasteiger partial charge is 0.395 e. The number of carbonyl (C=O) groups is 1. The number of carbonyl (C=O) groups excluding carboxylic acids is 1. The second-order valence-corrected chi connectivity index (χ2v) is 4.71. The fraction of sp³-hybridized carbons (Fsp3) is 0.357. The van der Waals surface area contributed by atoms with Crippen LogP contribution in [0.4, 0.5) is 9.18 Å². The Morgan fingerprint density at radius 2 is 2.35 bits per heavy atom. The lowest BCUT2D eigenvalue weighted by atomic mass is 10.1. The number of aliphatic hydroxyl groups excluding tert-OH is 1. The van der Waals surface area contributed by atoms with Crippen LogP contribution in [-0.2, 0) is 0 Å². The zero-order valence-electron chi connectivity index (χ0n) is 11.3. The molecule has 6 heteroatoms. The van der Waals surface area contributed by atoms with E-state index in [9.17, 15) is 9.18 Å². The summed E-state index contributed by atoms with van der Waals surface area (Å²) in [5.74, 6) is -0.498. The summed E-state index contributed by atoms with van der Waals surface area (Å²) in [6, 6.07) is 3.65. The number of hydrogen-bond acceptors (Lipinski definition) is 2. The van der Waals surface area contributed by atoms with Crippen molar-refractivity contribution >= 4 is 17.6 Å². The fourth-order valence-electron chi connectivity index (χ4n) is 1.69. The van der Waals surface area contributed by atoms with Gasteiger partial charge < -0.3 is 15.3 Å². The SMILES string of the molecule is C=CCN(CCO)C(=O)NC(C)c1ccc(F)c(Cl)c1. The molecule has 1 unspecified atom stereocenters. The van der Waals surface area contributed by atoms with Gasteiger partial charge in [-0.2, -0.15) is 0 Å². The highest BCUT2D eigenvalue weighted by Crippen LogP contribution is 2.20. The van der Waals surface area contributed by atoms with Gasteiger partial charge in [0.1, 0.15) is 5.82 Å². The molecule has 110 valence electrons. The molecular formula is C14H18ClFN2O2. The topological polar surface area (TPSA) is 52.6 Å². The molecule has 0 bridgehead atoms. The van der Waals surface area contributed by atoms with Gasteiger partial charge in [-0.15, -0.1) is 6.58 Å². The number of hydrogen-bond donors (Lipinski definition) is 2. The van der Waals surface area contributed by atoms with Crippen LogP contribution in [0, 0.1) is 5.82 Å². The van der Waals surface area contributed by atoms with Crippen LogP contribution in [0.5, 0.6) is 0 Å². The van der Waals surface area contributed by atoms with Gasteiger partial charge in [0, 0.05) is 13.1 Å². The normalized spacial score (nSPS) is 11.8. The highest BCUT2D eigenvalue weighted by Gasteiger charge is 2.15. The van der Waals surface area contributed by atoms with Crippen LogP contribution in [0.2, 0.25) is 5.02 Å². The van der Waals surface area contributed by atoms with Gasteiger partial charge in [-0.3, -0.25) is 0 Å². The Morgan fingerprint density at radius 3 is 2.90 bits per heavy atom. The average molecular weight is 301 g/mol. The number of rotatable bonds is 6. The van der Waals surface area contributed by atoms with Gasteiger partial charge in [-0.1, -0.05) is 23.7 Å². The molecule has 2 amide bonds. The van der Waals surface area contributed by atoms with Crippen LogP contribution in [0.3, 0.4) is 0 Å². The van der Waals surface area contributed by atoms with Crippen molar-refractivity contribution in [3.8, 4) is 0 Å². The number of nitrogens with zero attached hydrogens (tertiary/aromatic N) is 1. The molecule has 0 fully saturated rings. The van der Waals surface area contributed by atoms with Gasteiger partial charge in [0.05, 0.1) is 17.7 Å². The Labute approximate surface area is 122 Å². The summed E-state index contributed by atoms with van der Waals surface area (Å²) >= 11 is 5.71. The quantitative estimate of drug-likeness (QED) is 0.794. The molecule has 0 aliphatic heterocycles.